The molecule has 13 heavy (non-hydrogen) atoms. The summed E-state index contributed by atoms with van der Waals surface area (Å²) in [5.41, 5.74) is 2.39. The lowest BCUT2D eigenvalue weighted by Gasteiger charge is -2.23. The first-order valence-corrected chi connectivity index (χ1v) is 4.29. The van der Waals surface area contributed by atoms with Gasteiger partial charge in [-0.15, -0.1) is 12.4 Å². The van der Waals surface area contributed by atoms with Gasteiger partial charge in [0.25, 0.3) is 0 Å². The van der Waals surface area contributed by atoms with Gasteiger partial charge < -0.3 is 5.32 Å². The van der Waals surface area contributed by atoms with E-state index >= 15 is 0 Å². The first kappa shape index (κ1) is 10.5. The number of rotatable bonds is 0. The molecule has 1 aliphatic heterocycles. The number of benzene rings is 1. The van der Waals surface area contributed by atoms with Crippen molar-refractivity contribution >= 4 is 12.4 Å². The maximum atomic E-state index is 12.8. The Balaban J connectivity index is 0.000000845. The molecule has 1 N–H and O–H groups in total. The van der Waals surface area contributed by atoms with Crippen molar-refractivity contribution in [2.24, 2.45) is 0 Å². The fourth-order valence-electron chi connectivity index (χ4n) is 1.73. The number of fused-ring (bicyclic) bond motifs is 1. The molecule has 1 aromatic carbocycles. The van der Waals surface area contributed by atoms with Crippen molar-refractivity contribution in [3.05, 3.63) is 35.1 Å². The quantitative estimate of drug-likeness (QED) is 0.680. The molecule has 0 spiro atoms. The monoisotopic (exact) mass is 201 g/mol. The molecule has 1 nitrogen and oxygen atoms in total. The summed E-state index contributed by atoms with van der Waals surface area (Å²) in [5, 5.41) is 3.30. The van der Waals surface area contributed by atoms with E-state index < -0.39 is 0 Å². The van der Waals surface area contributed by atoms with Gasteiger partial charge in [0, 0.05) is 6.04 Å². The van der Waals surface area contributed by atoms with E-state index in [1.54, 1.807) is 6.07 Å². The van der Waals surface area contributed by atoms with E-state index in [4.69, 9.17) is 0 Å². The van der Waals surface area contributed by atoms with Crippen LogP contribution in [0.1, 0.15) is 24.1 Å². The Labute approximate surface area is 83.8 Å². The van der Waals surface area contributed by atoms with Gasteiger partial charge in [-0.25, -0.2) is 4.39 Å². The van der Waals surface area contributed by atoms with E-state index in [0.29, 0.717) is 6.04 Å². The summed E-state index contributed by atoms with van der Waals surface area (Å²) in [6.45, 7) is 3.07. The van der Waals surface area contributed by atoms with E-state index in [1.165, 1.54) is 11.6 Å². The second-order valence-corrected chi connectivity index (χ2v) is 3.27. The largest absolute Gasteiger partial charge is 0.310 e. The maximum Gasteiger partial charge on any atom is 0.123 e. The average molecular weight is 202 g/mol. The molecule has 72 valence electrons. The number of hydrogen-bond acceptors (Lipinski definition) is 1. The lowest BCUT2D eigenvalue weighted by atomic mass is 9.95. The highest BCUT2D eigenvalue weighted by atomic mass is 35.5. The number of nitrogens with one attached hydrogen (secondary N) is 1. The van der Waals surface area contributed by atoms with E-state index in [2.05, 4.69) is 12.2 Å². The Kier molecular flexibility index (Phi) is 3.28. The predicted molar refractivity (Wildman–Crippen MR) is 53.8 cm³/mol. The molecule has 3 heteroatoms. The van der Waals surface area contributed by atoms with E-state index in [-0.39, 0.29) is 18.2 Å². The summed E-state index contributed by atoms with van der Waals surface area (Å²) < 4.78 is 12.8. The fraction of sp³-hybridized carbons (Fsp3) is 0.400. The number of halogens is 2. The summed E-state index contributed by atoms with van der Waals surface area (Å²) in [5.74, 6) is -0.135. The van der Waals surface area contributed by atoms with Gasteiger partial charge in [0.05, 0.1) is 0 Å². The molecule has 1 aliphatic rings. The molecule has 0 amide bonds. The molecule has 0 bridgehead atoms. The number of hydrogen-bond donors (Lipinski definition) is 1. The van der Waals surface area contributed by atoms with E-state index in [0.717, 1.165) is 18.5 Å². The molecule has 1 atom stereocenters. The Morgan fingerprint density at radius 3 is 3.00 bits per heavy atom. The summed E-state index contributed by atoms with van der Waals surface area (Å²) in [4.78, 5) is 0. The van der Waals surface area contributed by atoms with E-state index in [1.807, 2.05) is 6.07 Å². The molecule has 2 rings (SSSR count). The Bertz CT molecular complexity index is 301. The minimum absolute atomic E-state index is 0. The van der Waals surface area contributed by atoms with Crippen molar-refractivity contribution in [1.82, 2.24) is 5.32 Å². The van der Waals surface area contributed by atoms with Crippen molar-refractivity contribution in [3.63, 3.8) is 0 Å². The minimum Gasteiger partial charge on any atom is -0.310 e. The van der Waals surface area contributed by atoms with Crippen molar-refractivity contribution in [2.75, 3.05) is 6.54 Å². The van der Waals surface area contributed by atoms with Crippen LogP contribution in [-0.4, -0.2) is 6.54 Å². The van der Waals surface area contributed by atoms with Crippen LogP contribution in [0.2, 0.25) is 0 Å². The van der Waals surface area contributed by atoms with Crippen LogP contribution < -0.4 is 5.32 Å². The fourth-order valence-corrected chi connectivity index (χ4v) is 1.73. The van der Waals surface area contributed by atoms with Gasteiger partial charge in [-0.1, -0.05) is 6.07 Å². The lowest BCUT2D eigenvalue weighted by molar-refractivity contribution is 0.532. The molecular formula is C10H13ClFN. The van der Waals surface area contributed by atoms with Gasteiger partial charge in [-0.2, -0.15) is 0 Å². The third-order valence-electron chi connectivity index (χ3n) is 2.42. The van der Waals surface area contributed by atoms with Gasteiger partial charge in [-0.3, -0.25) is 0 Å². The van der Waals surface area contributed by atoms with Crippen LogP contribution in [0.15, 0.2) is 18.2 Å². The van der Waals surface area contributed by atoms with Crippen molar-refractivity contribution < 1.29 is 4.39 Å². The Morgan fingerprint density at radius 2 is 2.23 bits per heavy atom. The van der Waals surface area contributed by atoms with Crippen LogP contribution >= 0.6 is 12.4 Å². The predicted octanol–water partition coefficient (Wildman–Crippen LogP) is 2.45. The highest BCUT2D eigenvalue weighted by molar-refractivity contribution is 5.85. The first-order valence-electron chi connectivity index (χ1n) is 4.29. The van der Waals surface area contributed by atoms with Gasteiger partial charge in [0.1, 0.15) is 5.82 Å². The van der Waals surface area contributed by atoms with Gasteiger partial charge in [-0.05, 0) is 43.1 Å². The topological polar surface area (TPSA) is 12.0 Å². The van der Waals surface area contributed by atoms with Gasteiger partial charge >= 0.3 is 0 Å². The zero-order valence-corrected chi connectivity index (χ0v) is 8.33. The highest BCUT2D eigenvalue weighted by Gasteiger charge is 2.15. The van der Waals surface area contributed by atoms with Crippen LogP contribution in [0.5, 0.6) is 0 Å². The first-order chi connectivity index (χ1) is 5.77. The molecule has 1 heterocycles. The molecule has 0 saturated heterocycles. The summed E-state index contributed by atoms with van der Waals surface area (Å²) in [6, 6.07) is 5.36. The molecule has 0 fully saturated rings. The molecule has 0 aromatic heterocycles. The Hall–Kier alpha value is -0.600. The molecular weight excluding hydrogens is 189 g/mol. The van der Waals surface area contributed by atoms with E-state index in [9.17, 15) is 4.39 Å². The zero-order chi connectivity index (χ0) is 8.55. The SMILES string of the molecule is CC1NCCc2ccc(F)cc21.Cl. The minimum atomic E-state index is -0.135. The molecule has 0 radical (unpaired) electrons. The van der Waals surface area contributed by atoms with Gasteiger partial charge in [0.2, 0.25) is 0 Å². The van der Waals surface area contributed by atoms with Crippen molar-refractivity contribution in [1.29, 1.82) is 0 Å². The van der Waals surface area contributed by atoms with Crippen molar-refractivity contribution in [2.45, 2.75) is 19.4 Å². The van der Waals surface area contributed by atoms with Crippen LogP contribution in [0.3, 0.4) is 0 Å². The second-order valence-electron chi connectivity index (χ2n) is 3.27. The average Bonchev–Trinajstić information content (AvgIpc) is 2.07. The zero-order valence-electron chi connectivity index (χ0n) is 7.51. The summed E-state index contributed by atoms with van der Waals surface area (Å²) in [6.07, 6.45) is 1.01. The van der Waals surface area contributed by atoms with Crippen LogP contribution in [0.4, 0.5) is 4.39 Å². The van der Waals surface area contributed by atoms with Crippen LogP contribution in [-0.2, 0) is 6.42 Å². The third kappa shape index (κ3) is 2.01. The van der Waals surface area contributed by atoms with Crippen molar-refractivity contribution in [3.8, 4) is 0 Å². The van der Waals surface area contributed by atoms with Crippen LogP contribution in [0, 0.1) is 5.82 Å². The van der Waals surface area contributed by atoms with Crippen LogP contribution in [0.25, 0.3) is 0 Å². The summed E-state index contributed by atoms with van der Waals surface area (Å²) in [7, 11) is 0. The molecule has 0 saturated carbocycles. The standard InChI is InChI=1S/C10H12FN.ClH/c1-7-10-6-9(11)3-2-8(10)4-5-12-7;/h2-3,6-7,12H,4-5H2,1H3;1H. The van der Waals surface area contributed by atoms with Gasteiger partial charge in [0.15, 0.2) is 0 Å². The smallest absolute Gasteiger partial charge is 0.123 e. The normalized spacial score (nSPS) is 20.3. The highest BCUT2D eigenvalue weighted by Crippen LogP contribution is 2.22. The molecule has 1 aromatic rings. The maximum absolute atomic E-state index is 12.8. The third-order valence-corrected chi connectivity index (χ3v) is 2.42. The molecule has 1 unspecified atom stereocenters. The molecule has 0 aliphatic carbocycles. The Morgan fingerprint density at radius 1 is 1.46 bits per heavy atom. The summed E-state index contributed by atoms with van der Waals surface area (Å²) >= 11 is 0. The lowest BCUT2D eigenvalue weighted by Crippen LogP contribution is -2.27. The second kappa shape index (κ2) is 4.07.